The maximum absolute atomic E-state index is 12.5. The van der Waals surface area contributed by atoms with Crippen LogP contribution < -0.4 is 0 Å². The SMILES string of the molecule is CCc1nc(-c2ccc(C(F)(F)F)cc2)sc1CO. The fraction of sp³-hybridized carbons (Fsp3) is 0.308. The summed E-state index contributed by atoms with van der Waals surface area (Å²) in [7, 11) is 0. The van der Waals surface area contributed by atoms with E-state index in [9.17, 15) is 18.3 Å². The number of thiazole rings is 1. The number of aliphatic hydroxyl groups is 1. The highest BCUT2D eigenvalue weighted by molar-refractivity contribution is 7.15. The molecule has 0 bridgehead atoms. The summed E-state index contributed by atoms with van der Waals surface area (Å²) in [6, 6.07) is 4.90. The Hall–Kier alpha value is -1.40. The molecule has 102 valence electrons. The van der Waals surface area contributed by atoms with Crippen LogP contribution in [0.4, 0.5) is 13.2 Å². The predicted octanol–water partition coefficient (Wildman–Crippen LogP) is 3.88. The van der Waals surface area contributed by atoms with E-state index in [0.717, 1.165) is 22.7 Å². The van der Waals surface area contributed by atoms with E-state index in [1.807, 2.05) is 6.92 Å². The Balaban J connectivity index is 2.34. The minimum atomic E-state index is -4.33. The van der Waals surface area contributed by atoms with E-state index >= 15 is 0 Å². The van der Waals surface area contributed by atoms with E-state index in [2.05, 4.69) is 4.98 Å². The van der Waals surface area contributed by atoms with E-state index in [0.29, 0.717) is 17.0 Å². The van der Waals surface area contributed by atoms with Crippen LogP contribution in [0.1, 0.15) is 23.1 Å². The Morgan fingerprint density at radius 1 is 1.21 bits per heavy atom. The van der Waals surface area contributed by atoms with Crippen molar-refractivity contribution >= 4 is 11.3 Å². The highest BCUT2D eigenvalue weighted by Gasteiger charge is 2.30. The molecule has 0 spiro atoms. The Morgan fingerprint density at radius 2 is 1.84 bits per heavy atom. The molecule has 0 radical (unpaired) electrons. The van der Waals surface area contributed by atoms with Gasteiger partial charge in [-0.3, -0.25) is 0 Å². The van der Waals surface area contributed by atoms with E-state index < -0.39 is 11.7 Å². The molecule has 0 saturated heterocycles. The Bertz CT molecular complexity index is 539. The fourth-order valence-corrected chi connectivity index (χ4v) is 2.72. The van der Waals surface area contributed by atoms with Crippen molar-refractivity contribution in [2.24, 2.45) is 0 Å². The quantitative estimate of drug-likeness (QED) is 0.929. The summed E-state index contributed by atoms with van der Waals surface area (Å²) in [5.41, 5.74) is 0.751. The van der Waals surface area contributed by atoms with Crippen molar-refractivity contribution in [3.05, 3.63) is 40.4 Å². The van der Waals surface area contributed by atoms with Crippen molar-refractivity contribution in [1.82, 2.24) is 4.98 Å². The second-order valence-electron chi connectivity index (χ2n) is 3.98. The van der Waals surface area contributed by atoms with Gasteiger partial charge in [-0.2, -0.15) is 13.2 Å². The average Bonchev–Trinajstić information content (AvgIpc) is 2.81. The first-order valence-electron chi connectivity index (χ1n) is 5.72. The molecular formula is C13H12F3NOS. The molecule has 1 aromatic carbocycles. The second-order valence-corrected chi connectivity index (χ2v) is 5.06. The number of hydrogen-bond acceptors (Lipinski definition) is 3. The molecule has 1 N–H and O–H groups in total. The van der Waals surface area contributed by atoms with Crippen molar-refractivity contribution in [2.45, 2.75) is 26.1 Å². The van der Waals surface area contributed by atoms with E-state index in [1.54, 1.807) is 0 Å². The zero-order chi connectivity index (χ0) is 14.0. The predicted molar refractivity (Wildman–Crippen MR) is 67.9 cm³/mol. The molecule has 19 heavy (non-hydrogen) atoms. The zero-order valence-corrected chi connectivity index (χ0v) is 11.0. The van der Waals surface area contributed by atoms with Gasteiger partial charge in [-0.1, -0.05) is 19.1 Å². The number of alkyl halides is 3. The maximum Gasteiger partial charge on any atom is 0.416 e. The van der Waals surface area contributed by atoms with Crippen molar-refractivity contribution in [3.63, 3.8) is 0 Å². The lowest BCUT2D eigenvalue weighted by atomic mass is 10.1. The van der Waals surface area contributed by atoms with Gasteiger partial charge in [0.15, 0.2) is 0 Å². The molecule has 0 saturated carbocycles. The number of aryl methyl sites for hydroxylation is 1. The average molecular weight is 287 g/mol. The third-order valence-electron chi connectivity index (χ3n) is 2.72. The molecular weight excluding hydrogens is 275 g/mol. The summed E-state index contributed by atoms with van der Waals surface area (Å²) in [6.45, 7) is 1.83. The largest absolute Gasteiger partial charge is 0.416 e. The first-order valence-corrected chi connectivity index (χ1v) is 6.54. The Labute approximate surface area is 112 Å². The summed E-state index contributed by atoms with van der Waals surface area (Å²) in [6.07, 6.45) is -3.64. The molecule has 6 heteroatoms. The van der Waals surface area contributed by atoms with Crippen LogP contribution in [0, 0.1) is 0 Å². The number of nitrogens with zero attached hydrogens (tertiary/aromatic N) is 1. The lowest BCUT2D eigenvalue weighted by molar-refractivity contribution is -0.137. The van der Waals surface area contributed by atoms with Gasteiger partial charge in [0.1, 0.15) is 5.01 Å². The molecule has 1 heterocycles. The molecule has 0 fully saturated rings. The van der Waals surface area contributed by atoms with Gasteiger partial charge >= 0.3 is 6.18 Å². The fourth-order valence-electron chi connectivity index (χ4n) is 1.71. The van der Waals surface area contributed by atoms with Crippen molar-refractivity contribution in [1.29, 1.82) is 0 Å². The molecule has 0 atom stereocenters. The van der Waals surface area contributed by atoms with Crippen LogP contribution in [0.25, 0.3) is 10.6 Å². The van der Waals surface area contributed by atoms with E-state index in [4.69, 9.17) is 0 Å². The van der Waals surface area contributed by atoms with Gasteiger partial charge in [0.2, 0.25) is 0 Å². The van der Waals surface area contributed by atoms with Crippen molar-refractivity contribution in [2.75, 3.05) is 0 Å². The second kappa shape index (κ2) is 5.30. The highest BCUT2D eigenvalue weighted by Crippen LogP contribution is 2.33. The van der Waals surface area contributed by atoms with Crippen LogP contribution in [0.2, 0.25) is 0 Å². The van der Waals surface area contributed by atoms with Gasteiger partial charge in [-0.15, -0.1) is 11.3 Å². The van der Waals surface area contributed by atoms with Crippen LogP contribution in [0.3, 0.4) is 0 Å². The molecule has 1 aromatic heterocycles. The van der Waals surface area contributed by atoms with Crippen LogP contribution >= 0.6 is 11.3 Å². The Morgan fingerprint density at radius 3 is 2.26 bits per heavy atom. The third kappa shape index (κ3) is 2.96. The van der Waals surface area contributed by atoms with Gasteiger partial charge < -0.3 is 5.11 Å². The topological polar surface area (TPSA) is 33.1 Å². The highest BCUT2D eigenvalue weighted by atomic mass is 32.1. The van der Waals surface area contributed by atoms with E-state index in [1.165, 1.54) is 23.5 Å². The summed E-state index contributed by atoms with van der Waals surface area (Å²) in [5, 5.41) is 9.82. The number of aromatic nitrogens is 1. The summed E-state index contributed by atoms with van der Waals surface area (Å²) in [5.74, 6) is 0. The molecule has 0 aliphatic carbocycles. The van der Waals surface area contributed by atoms with Gasteiger partial charge in [0.25, 0.3) is 0 Å². The minimum Gasteiger partial charge on any atom is -0.391 e. The van der Waals surface area contributed by atoms with Gasteiger partial charge in [-0.05, 0) is 18.6 Å². The minimum absolute atomic E-state index is 0.0958. The molecule has 2 aromatic rings. The summed E-state index contributed by atoms with van der Waals surface area (Å²) < 4.78 is 37.4. The van der Waals surface area contributed by atoms with Crippen molar-refractivity contribution in [3.8, 4) is 10.6 Å². The van der Waals surface area contributed by atoms with Crippen LogP contribution in [0.5, 0.6) is 0 Å². The van der Waals surface area contributed by atoms with Crippen molar-refractivity contribution < 1.29 is 18.3 Å². The van der Waals surface area contributed by atoms with Gasteiger partial charge in [0.05, 0.1) is 22.7 Å². The number of rotatable bonds is 3. The smallest absolute Gasteiger partial charge is 0.391 e. The normalized spacial score (nSPS) is 11.8. The molecule has 0 unspecified atom stereocenters. The van der Waals surface area contributed by atoms with Gasteiger partial charge in [-0.25, -0.2) is 4.98 Å². The number of benzene rings is 1. The molecule has 2 nitrogen and oxygen atoms in total. The van der Waals surface area contributed by atoms with Crippen LogP contribution in [-0.2, 0) is 19.2 Å². The lowest BCUT2D eigenvalue weighted by Gasteiger charge is -2.06. The lowest BCUT2D eigenvalue weighted by Crippen LogP contribution is -2.03. The standard InChI is InChI=1S/C13H12F3NOS/c1-2-10-11(7-18)19-12(17-10)8-3-5-9(6-4-8)13(14,15)16/h3-6,18H,2,7H2,1H3. The molecule has 2 rings (SSSR count). The molecule has 0 aliphatic rings. The van der Waals surface area contributed by atoms with Gasteiger partial charge in [0, 0.05) is 5.56 Å². The summed E-state index contributed by atoms with van der Waals surface area (Å²) >= 11 is 1.31. The number of halogens is 3. The number of hydrogen-bond donors (Lipinski definition) is 1. The van der Waals surface area contributed by atoms with Crippen LogP contribution in [-0.4, -0.2) is 10.1 Å². The molecule has 0 aliphatic heterocycles. The monoisotopic (exact) mass is 287 g/mol. The molecule has 0 amide bonds. The first kappa shape index (κ1) is 14.0. The first-order chi connectivity index (χ1) is 8.95. The summed E-state index contributed by atoms with van der Waals surface area (Å²) in [4.78, 5) is 5.10. The zero-order valence-electron chi connectivity index (χ0n) is 10.2. The Kier molecular flexibility index (Phi) is 3.91. The number of aliphatic hydroxyl groups excluding tert-OH is 1. The third-order valence-corrected chi connectivity index (χ3v) is 3.85. The van der Waals surface area contributed by atoms with E-state index in [-0.39, 0.29) is 6.61 Å². The maximum atomic E-state index is 12.5. The van der Waals surface area contributed by atoms with Crippen LogP contribution in [0.15, 0.2) is 24.3 Å².